The first-order chi connectivity index (χ1) is 23.7. The molecule has 0 bridgehead atoms. The molecule has 9 nitrogen and oxygen atoms in total. The summed E-state index contributed by atoms with van der Waals surface area (Å²) in [5.41, 5.74) is 5.50. The number of carboxylic acids is 2. The van der Waals surface area contributed by atoms with E-state index in [0.29, 0.717) is 6.42 Å². The third-order valence-corrected chi connectivity index (χ3v) is 9.90. The smallest absolute Gasteiger partial charge is 0.480 e. The van der Waals surface area contributed by atoms with Crippen LogP contribution in [0, 0.1) is 5.92 Å². The van der Waals surface area contributed by atoms with Gasteiger partial charge in [0.1, 0.15) is 6.04 Å². The summed E-state index contributed by atoms with van der Waals surface area (Å²) in [4.78, 5) is 49.0. The van der Waals surface area contributed by atoms with Crippen molar-refractivity contribution in [1.82, 2.24) is 10.3 Å². The van der Waals surface area contributed by atoms with Gasteiger partial charge in [-0.1, -0.05) is 103 Å². The van der Waals surface area contributed by atoms with Crippen LogP contribution < -0.4 is 5.32 Å². The number of benzene rings is 4. The third kappa shape index (κ3) is 11.2. The van der Waals surface area contributed by atoms with E-state index in [1.54, 1.807) is 6.20 Å². The van der Waals surface area contributed by atoms with Crippen LogP contribution in [-0.4, -0.2) is 62.5 Å². The predicted octanol–water partition coefficient (Wildman–Crippen LogP) is 6.95. The van der Waals surface area contributed by atoms with Gasteiger partial charge in [0.05, 0.1) is 5.92 Å². The molecule has 1 unspecified atom stereocenters. The highest BCUT2D eigenvalue weighted by atomic mass is 31.2. The first-order valence-electron chi connectivity index (χ1n) is 15.6. The Morgan fingerprint density at radius 2 is 1.32 bits per heavy atom. The minimum Gasteiger partial charge on any atom is -0.480 e. The molecule has 1 amide bonds. The third-order valence-electron chi connectivity index (χ3n) is 7.97. The molecular formula is C37H36F3N2O7P. The quantitative estimate of drug-likeness (QED) is 0.0829. The normalized spacial score (nSPS) is 13.7. The zero-order chi connectivity index (χ0) is 36.3. The second-order valence-corrected chi connectivity index (χ2v) is 14.2. The molecule has 0 fully saturated rings. The predicted molar refractivity (Wildman–Crippen MR) is 184 cm³/mol. The van der Waals surface area contributed by atoms with Crippen LogP contribution in [0.3, 0.4) is 0 Å². The minimum atomic E-state index is -5.08. The number of carbonyl (C=O) groups excluding carboxylic acids is 1. The van der Waals surface area contributed by atoms with Crippen LogP contribution in [0.15, 0.2) is 115 Å². The monoisotopic (exact) mass is 708 g/mol. The van der Waals surface area contributed by atoms with Crippen molar-refractivity contribution in [3.8, 4) is 11.1 Å². The van der Waals surface area contributed by atoms with E-state index in [-0.39, 0.29) is 25.2 Å². The first-order valence-corrected chi connectivity index (χ1v) is 17.6. The number of aryl methyl sites for hydroxylation is 1. The summed E-state index contributed by atoms with van der Waals surface area (Å²) in [5.74, 6) is -5.36. The van der Waals surface area contributed by atoms with Gasteiger partial charge in [-0.2, -0.15) is 13.2 Å². The number of aromatic nitrogens is 1. The summed E-state index contributed by atoms with van der Waals surface area (Å²) >= 11 is 0. The largest absolute Gasteiger partial charge is 0.490 e. The van der Waals surface area contributed by atoms with Crippen molar-refractivity contribution in [2.75, 3.05) is 12.3 Å². The number of aliphatic carboxylic acids is 2. The van der Waals surface area contributed by atoms with Crippen molar-refractivity contribution >= 4 is 36.1 Å². The Labute approximate surface area is 286 Å². The van der Waals surface area contributed by atoms with Crippen molar-refractivity contribution in [2.24, 2.45) is 5.92 Å². The van der Waals surface area contributed by atoms with E-state index in [2.05, 4.69) is 10.3 Å². The molecule has 1 aromatic heterocycles. The molecule has 13 heteroatoms. The molecular weight excluding hydrogens is 672 g/mol. The summed E-state index contributed by atoms with van der Waals surface area (Å²) in [6.45, 7) is 0. The summed E-state index contributed by atoms with van der Waals surface area (Å²) < 4.78 is 45.1. The summed E-state index contributed by atoms with van der Waals surface area (Å²) in [7, 11) is -3.73. The number of amides is 1. The number of halogens is 3. The molecule has 0 aliphatic carbocycles. The number of para-hydroxylation sites is 1. The highest BCUT2D eigenvalue weighted by Gasteiger charge is 2.38. The minimum absolute atomic E-state index is 0.0332. The van der Waals surface area contributed by atoms with Crippen LogP contribution in [-0.2, 0) is 38.2 Å². The van der Waals surface area contributed by atoms with Crippen LogP contribution >= 0.6 is 7.37 Å². The van der Waals surface area contributed by atoms with E-state index in [1.807, 2.05) is 109 Å². The molecule has 0 radical (unpaired) electrons. The molecule has 262 valence electrons. The molecule has 0 saturated heterocycles. The lowest BCUT2D eigenvalue weighted by Crippen LogP contribution is -2.46. The van der Waals surface area contributed by atoms with Crippen molar-refractivity contribution in [3.63, 3.8) is 0 Å². The van der Waals surface area contributed by atoms with Gasteiger partial charge < -0.3 is 25.4 Å². The maximum absolute atomic E-state index is 13.7. The second-order valence-electron chi connectivity index (χ2n) is 11.7. The van der Waals surface area contributed by atoms with Crippen LogP contribution in [0.25, 0.3) is 22.0 Å². The molecule has 5 rings (SSSR count). The Bertz CT molecular complexity index is 1930. The van der Waals surface area contributed by atoms with Gasteiger partial charge in [0, 0.05) is 35.8 Å². The van der Waals surface area contributed by atoms with E-state index >= 15 is 0 Å². The average molecular weight is 709 g/mol. The van der Waals surface area contributed by atoms with Crippen LogP contribution in [0.2, 0.25) is 0 Å². The van der Waals surface area contributed by atoms with Crippen molar-refractivity contribution in [1.29, 1.82) is 0 Å². The highest BCUT2D eigenvalue weighted by molar-refractivity contribution is 7.58. The van der Waals surface area contributed by atoms with Crippen LogP contribution in [0.1, 0.15) is 16.7 Å². The number of hydrogen-bond acceptors (Lipinski definition) is 4. The molecule has 0 saturated carbocycles. The number of nitrogens with one attached hydrogen (secondary N) is 2. The highest BCUT2D eigenvalue weighted by Crippen LogP contribution is 2.44. The fourth-order valence-electron chi connectivity index (χ4n) is 5.38. The molecule has 4 aromatic carbocycles. The van der Waals surface area contributed by atoms with Gasteiger partial charge in [-0.05, 0) is 46.7 Å². The molecule has 0 aliphatic rings. The van der Waals surface area contributed by atoms with Gasteiger partial charge in [-0.3, -0.25) is 9.36 Å². The molecule has 3 atom stereocenters. The van der Waals surface area contributed by atoms with Gasteiger partial charge in [-0.25, -0.2) is 9.59 Å². The Balaban J connectivity index is 0.000000727. The molecule has 0 spiro atoms. The Morgan fingerprint density at radius 1 is 0.760 bits per heavy atom. The summed E-state index contributed by atoms with van der Waals surface area (Å²) in [5, 5.41) is 20.7. The van der Waals surface area contributed by atoms with Gasteiger partial charge in [0.25, 0.3) is 0 Å². The molecule has 5 N–H and O–H groups in total. The Kier molecular flexibility index (Phi) is 12.8. The number of aromatic amines is 1. The number of carboxylic acid groups (broad SMARTS) is 2. The average Bonchev–Trinajstić information content (AvgIpc) is 3.50. The maximum Gasteiger partial charge on any atom is 0.490 e. The van der Waals surface area contributed by atoms with E-state index in [1.165, 1.54) is 0 Å². The lowest BCUT2D eigenvalue weighted by atomic mass is 9.96. The maximum atomic E-state index is 13.7. The lowest BCUT2D eigenvalue weighted by molar-refractivity contribution is -0.192. The fraction of sp³-hybridized carbons (Fsp3) is 0.216. The summed E-state index contributed by atoms with van der Waals surface area (Å²) in [6, 6.07) is 33.5. The van der Waals surface area contributed by atoms with E-state index in [4.69, 9.17) is 9.90 Å². The molecule has 0 aliphatic heterocycles. The van der Waals surface area contributed by atoms with Crippen LogP contribution in [0.5, 0.6) is 0 Å². The SMILES string of the molecule is O=C(N[C@@H](Cc1c[nH]c2ccccc12)C(=O)O)[C@@H](Cc1ccc(-c2ccccc2)cc1)CP(=O)(O)CCc1ccccc1.O=C(O)C(F)(F)F. The van der Waals surface area contributed by atoms with Crippen LogP contribution in [0.4, 0.5) is 13.2 Å². The number of H-pyrrole nitrogens is 1. The fourth-order valence-corrected chi connectivity index (χ4v) is 7.16. The first kappa shape index (κ1) is 37.6. The van der Waals surface area contributed by atoms with E-state index in [9.17, 15) is 37.3 Å². The van der Waals surface area contributed by atoms with Gasteiger partial charge in [0.2, 0.25) is 13.3 Å². The van der Waals surface area contributed by atoms with Crippen molar-refractivity contribution in [2.45, 2.75) is 31.5 Å². The van der Waals surface area contributed by atoms with Crippen molar-refractivity contribution in [3.05, 3.63) is 132 Å². The number of fused-ring (bicyclic) bond motifs is 1. The Morgan fingerprint density at radius 3 is 1.92 bits per heavy atom. The topological polar surface area (TPSA) is 157 Å². The van der Waals surface area contributed by atoms with Gasteiger partial charge in [-0.15, -0.1) is 0 Å². The number of hydrogen-bond donors (Lipinski definition) is 5. The zero-order valence-corrected chi connectivity index (χ0v) is 27.6. The van der Waals surface area contributed by atoms with Crippen molar-refractivity contribution < 1.29 is 47.2 Å². The standard InChI is InChI=1S/C35H35N2O5P.C2HF3O2/c38-34(37-33(35(39)40)22-29-23-36-32-14-8-7-13-31(29)32)30(24-43(41,42)20-19-25-9-3-1-4-10-25)21-26-15-17-28(18-16-26)27-11-5-2-6-12-27;3-2(4,5)1(6)7/h1-18,23,30,33,36H,19-22,24H2,(H,37,38)(H,39,40)(H,41,42);(H,6,7)/t30-,33-;/m0./s1. The van der Waals surface area contributed by atoms with Gasteiger partial charge in [0.15, 0.2) is 0 Å². The molecule has 5 aromatic rings. The van der Waals surface area contributed by atoms with E-state index in [0.717, 1.165) is 38.7 Å². The number of rotatable bonds is 13. The summed E-state index contributed by atoms with van der Waals surface area (Å²) in [6.07, 6.45) is -2.85. The number of alkyl halides is 3. The second kappa shape index (κ2) is 17.0. The van der Waals surface area contributed by atoms with Gasteiger partial charge >= 0.3 is 18.1 Å². The number of carbonyl (C=O) groups is 3. The molecule has 50 heavy (non-hydrogen) atoms. The van der Waals surface area contributed by atoms with E-state index < -0.39 is 43.4 Å². The Hall–Kier alpha value is -5.19. The lowest BCUT2D eigenvalue weighted by Gasteiger charge is -2.23. The molecule has 1 heterocycles. The zero-order valence-electron chi connectivity index (χ0n) is 26.7.